The van der Waals surface area contributed by atoms with Crippen molar-refractivity contribution in [2.45, 2.75) is 57.3 Å². The van der Waals surface area contributed by atoms with E-state index in [4.69, 9.17) is 14.0 Å². The van der Waals surface area contributed by atoms with E-state index < -0.39 is 73.2 Å². The molecule has 8 rings (SSSR count). The number of para-hydroxylation sites is 1. The Morgan fingerprint density at radius 3 is 1.43 bits per heavy atom. The number of nitrogens with one attached hydrogen (secondary N) is 1. The van der Waals surface area contributed by atoms with Gasteiger partial charge in [0.05, 0.1) is 63.7 Å². The molecule has 0 aliphatic carbocycles. The molecule has 0 saturated carbocycles. The van der Waals surface area contributed by atoms with Crippen LogP contribution in [0.25, 0.3) is 21.5 Å². The average molecular weight is 1210 g/mol. The molecule has 0 aliphatic rings. The number of hydrogen-bond acceptors (Lipinski definition) is 20. The highest BCUT2D eigenvalue weighted by Crippen LogP contribution is 2.44. The summed E-state index contributed by atoms with van der Waals surface area (Å²) in [6.07, 6.45) is -0.186. The van der Waals surface area contributed by atoms with Crippen molar-refractivity contribution < 1.29 is 66.5 Å². The molecule has 432 valence electrons. The second-order valence-electron chi connectivity index (χ2n) is 19.0. The zero-order valence-electron chi connectivity index (χ0n) is 44.8. The first kappa shape index (κ1) is 60.6. The molecular weight excluding hydrogens is 1150 g/mol. The van der Waals surface area contributed by atoms with E-state index in [1.165, 1.54) is 24.3 Å². The number of aryl methyl sites for hydroxylation is 5. The fourth-order valence-electron chi connectivity index (χ4n) is 8.28. The third kappa shape index (κ3) is 16.0. The van der Waals surface area contributed by atoms with Crippen LogP contribution >= 0.6 is 0 Å². The Balaban J connectivity index is 1.01. The Labute approximate surface area is 477 Å². The first-order valence-electron chi connectivity index (χ1n) is 24.9. The summed E-state index contributed by atoms with van der Waals surface area (Å²) in [6.45, 7) is 8.46. The topological polar surface area (TPSA) is 367 Å². The lowest BCUT2D eigenvalue weighted by Gasteiger charge is -2.12. The third-order valence-corrected chi connectivity index (χ3v) is 15.8. The molecule has 8 aromatic rings. The molecule has 0 aromatic heterocycles. The van der Waals surface area contributed by atoms with Crippen LogP contribution in [-0.4, -0.2) is 81.7 Å². The van der Waals surface area contributed by atoms with E-state index in [0.717, 1.165) is 11.8 Å². The zero-order valence-corrected chi connectivity index (χ0v) is 48.1. The highest BCUT2D eigenvalue weighted by atomic mass is 32.2. The van der Waals surface area contributed by atoms with Gasteiger partial charge < -0.3 is 19.9 Å². The minimum Gasteiger partial charge on any atom is -0.505 e. The third-order valence-electron chi connectivity index (χ3n) is 12.5. The largest absolute Gasteiger partial charge is 0.505 e. The van der Waals surface area contributed by atoms with E-state index in [2.05, 4.69) is 46.2 Å². The fraction of sp³-hybridized carbons (Fsp3) is 0.200. The van der Waals surface area contributed by atoms with Crippen LogP contribution in [0.15, 0.2) is 172 Å². The van der Waals surface area contributed by atoms with E-state index in [1.54, 1.807) is 95.3 Å². The quantitative estimate of drug-likeness (QED) is 0.0209. The summed E-state index contributed by atoms with van der Waals surface area (Å²) >= 11 is 0. The number of anilines is 2. The number of phenolic OH excluding ortho intramolecular Hbond substituents is 1. The summed E-state index contributed by atoms with van der Waals surface area (Å²) in [6, 6.07) is 32.3. The van der Waals surface area contributed by atoms with Crippen LogP contribution in [0, 0.1) is 34.6 Å². The van der Waals surface area contributed by atoms with E-state index in [0.29, 0.717) is 67.0 Å². The molecule has 0 bridgehead atoms. The number of phenols is 1. The van der Waals surface area contributed by atoms with Crippen molar-refractivity contribution in [2.24, 2.45) is 40.9 Å². The summed E-state index contributed by atoms with van der Waals surface area (Å²) < 4.78 is 145. The number of benzene rings is 8. The number of azo groups is 4. The van der Waals surface area contributed by atoms with Crippen LogP contribution in [0.4, 0.5) is 56.9 Å². The molecule has 0 radical (unpaired) electrons. The minimum atomic E-state index is -4.88. The van der Waals surface area contributed by atoms with Crippen LogP contribution in [-0.2, 0) is 40.5 Å². The summed E-state index contributed by atoms with van der Waals surface area (Å²) in [7, 11) is -18.2. The van der Waals surface area contributed by atoms with Crippen LogP contribution in [0.2, 0.25) is 0 Å². The van der Waals surface area contributed by atoms with Crippen LogP contribution < -0.4 is 14.8 Å². The van der Waals surface area contributed by atoms with Gasteiger partial charge in [0, 0.05) is 34.3 Å². The van der Waals surface area contributed by atoms with Gasteiger partial charge in [-0.15, -0.1) is 10.2 Å². The molecule has 0 aliphatic heterocycles. The van der Waals surface area contributed by atoms with Gasteiger partial charge in [0.15, 0.2) is 5.75 Å². The van der Waals surface area contributed by atoms with Gasteiger partial charge in [-0.05, 0) is 177 Å². The standard InChI is InChI=1S/C55H53N9O15S4/c1-32-22-47(33(2)21-45(32)59-60-46-23-35(4)48(24-34(46)3)62-64-54-53(83(75,76)77)29-38-26-40(13-16-44(38)55(54)65)56-39-11-7-6-8-12-39)61-63-50-25-36(5)49(31-52(50)79-18-10-20-81(69,70)71)58-57-41-14-15-43-37(27-41)28-42(82(72,73)74)30-51(43)78-17-9-19-80(66,67)68/h6-8,11-16,21-31,56,65H,9-10,17-20H2,1-5H3,(H,66,67,68)(H,69,70,71)(H,72,73,74)(H,75,76,77). The minimum absolute atomic E-state index is 0.0166. The Morgan fingerprint density at radius 2 is 0.904 bits per heavy atom. The van der Waals surface area contributed by atoms with Gasteiger partial charge in [-0.3, -0.25) is 18.2 Å². The van der Waals surface area contributed by atoms with Gasteiger partial charge in [0.25, 0.3) is 40.5 Å². The molecule has 0 atom stereocenters. The normalized spacial score (nSPS) is 12.7. The van der Waals surface area contributed by atoms with Crippen LogP contribution in [0.3, 0.4) is 0 Å². The zero-order chi connectivity index (χ0) is 60.0. The smallest absolute Gasteiger partial charge is 0.296 e. The molecule has 0 heterocycles. The summed E-state index contributed by atoms with van der Waals surface area (Å²) in [5.74, 6) is -1.51. The Bertz CT molecular complexity index is 4450. The summed E-state index contributed by atoms with van der Waals surface area (Å²) in [5.41, 5.74) is 6.60. The predicted octanol–water partition coefficient (Wildman–Crippen LogP) is 14.5. The number of fused-ring (bicyclic) bond motifs is 2. The van der Waals surface area contributed by atoms with Gasteiger partial charge in [-0.2, -0.15) is 64.4 Å². The fourth-order valence-corrected chi connectivity index (χ4v) is 10.4. The number of rotatable bonds is 22. The SMILES string of the molecule is Cc1cc(N=Nc2cc(C)c(N=Nc3cc(C)c(N=Nc4c(S(=O)(=O)O)cc5cc(Nc6ccccc6)ccc5c4O)cc3C)cc2C)c(OCCCS(=O)(=O)O)cc1N=Nc1ccc2c(OCCCS(=O)(=O)O)cc(S(=O)(=O)O)cc2c1. The summed E-state index contributed by atoms with van der Waals surface area (Å²) in [4.78, 5) is -1.14. The lowest BCUT2D eigenvalue weighted by molar-refractivity contribution is 0.317. The van der Waals surface area contributed by atoms with Crippen molar-refractivity contribution in [3.05, 3.63) is 149 Å². The maximum atomic E-state index is 12.6. The van der Waals surface area contributed by atoms with E-state index in [9.17, 15) is 52.4 Å². The van der Waals surface area contributed by atoms with E-state index in [-0.39, 0.29) is 65.4 Å². The molecule has 0 saturated heterocycles. The van der Waals surface area contributed by atoms with Gasteiger partial charge >= 0.3 is 0 Å². The van der Waals surface area contributed by atoms with Crippen molar-refractivity contribution in [1.29, 1.82) is 0 Å². The molecule has 0 amide bonds. The Kier molecular flexibility index (Phi) is 18.2. The first-order valence-corrected chi connectivity index (χ1v) is 31.0. The van der Waals surface area contributed by atoms with E-state index in [1.807, 2.05) is 30.3 Å². The number of hydrogen-bond donors (Lipinski definition) is 6. The molecular formula is C55H53N9O15S4. The van der Waals surface area contributed by atoms with Crippen molar-refractivity contribution in [3.63, 3.8) is 0 Å². The molecule has 8 aromatic carbocycles. The Morgan fingerprint density at radius 1 is 0.434 bits per heavy atom. The van der Waals surface area contributed by atoms with E-state index >= 15 is 0 Å². The molecule has 0 spiro atoms. The number of ether oxygens (including phenoxy) is 2. The molecule has 6 N–H and O–H groups in total. The highest BCUT2D eigenvalue weighted by Gasteiger charge is 2.23. The molecule has 0 fully saturated rings. The highest BCUT2D eigenvalue weighted by molar-refractivity contribution is 7.86. The monoisotopic (exact) mass is 1210 g/mol. The second-order valence-corrected chi connectivity index (χ2v) is 25.0. The van der Waals surface area contributed by atoms with Crippen LogP contribution in [0.5, 0.6) is 17.2 Å². The predicted molar refractivity (Wildman–Crippen MR) is 312 cm³/mol. The van der Waals surface area contributed by atoms with Gasteiger partial charge in [-0.1, -0.05) is 18.2 Å². The maximum absolute atomic E-state index is 12.6. The first-order chi connectivity index (χ1) is 39.1. The lowest BCUT2D eigenvalue weighted by Crippen LogP contribution is -2.09. The lowest BCUT2D eigenvalue weighted by atomic mass is 10.1. The van der Waals surface area contributed by atoms with Gasteiger partial charge in [-0.25, -0.2) is 0 Å². The number of aromatic hydroxyl groups is 1. The average Bonchev–Trinajstić information content (AvgIpc) is 3.61. The summed E-state index contributed by atoms with van der Waals surface area (Å²) in [5, 5.41) is 50.9. The molecule has 0 unspecified atom stereocenters. The van der Waals surface area contributed by atoms with Crippen molar-refractivity contribution in [3.8, 4) is 17.2 Å². The van der Waals surface area contributed by atoms with Gasteiger partial charge in [0.1, 0.15) is 27.8 Å². The van der Waals surface area contributed by atoms with Gasteiger partial charge in [0.2, 0.25) is 0 Å². The number of nitrogens with zero attached hydrogens (tertiary/aromatic N) is 8. The molecule has 28 heteroatoms. The van der Waals surface area contributed by atoms with Crippen molar-refractivity contribution >= 4 is 119 Å². The van der Waals surface area contributed by atoms with Crippen molar-refractivity contribution in [2.75, 3.05) is 30.0 Å². The second kappa shape index (κ2) is 24.9. The van der Waals surface area contributed by atoms with Crippen LogP contribution in [0.1, 0.15) is 40.7 Å². The van der Waals surface area contributed by atoms with Crippen molar-refractivity contribution in [1.82, 2.24) is 0 Å². The molecule has 83 heavy (non-hydrogen) atoms. The maximum Gasteiger partial charge on any atom is 0.296 e. The molecule has 24 nitrogen and oxygen atoms in total. The Hall–Kier alpha value is -8.48.